The van der Waals surface area contributed by atoms with Crippen LogP contribution >= 0.6 is 0 Å². The molecule has 2 heteroatoms. The Hall–Kier alpha value is -0.970. The molecular formula is C16H26O2. The van der Waals surface area contributed by atoms with E-state index in [2.05, 4.69) is 11.8 Å². The summed E-state index contributed by atoms with van der Waals surface area (Å²) in [5, 5.41) is 0. The van der Waals surface area contributed by atoms with E-state index in [1.807, 2.05) is 0 Å². The van der Waals surface area contributed by atoms with E-state index in [-0.39, 0.29) is 5.97 Å². The molecule has 0 unspecified atom stereocenters. The summed E-state index contributed by atoms with van der Waals surface area (Å²) in [4.78, 5) is 11.4. The van der Waals surface area contributed by atoms with Crippen molar-refractivity contribution in [2.75, 3.05) is 6.61 Å². The third kappa shape index (κ3) is 9.10. The summed E-state index contributed by atoms with van der Waals surface area (Å²) in [6, 6.07) is 0. The minimum Gasteiger partial charge on any atom is -0.466 e. The second-order valence-electron chi connectivity index (χ2n) is 5.01. The van der Waals surface area contributed by atoms with Gasteiger partial charge in [-0.2, -0.15) is 0 Å². The van der Waals surface area contributed by atoms with Crippen LogP contribution in [0, 0.1) is 11.8 Å². The topological polar surface area (TPSA) is 26.3 Å². The Balaban J connectivity index is 2.19. The van der Waals surface area contributed by atoms with Crippen molar-refractivity contribution >= 4 is 5.97 Å². The zero-order valence-corrected chi connectivity index (χ0v) is 11.5. The van der Waals surface area contributed by atoms with E-state index < -0.39 is 0 Å². The van der Waals surface area contributed by atoms with Crippen molar-refractivity contribution in [1.82, 2.24) is 0 Å². The molecule has 0 saturated heterocycles. The molecule has 1 aliphatic heterocycles. The minimum absolute atomic E-state index is 0.0228. The first-order chi connectivity index (χ1) is 8.89. The number of esters is 1. The molecule has 0 aromatic heterocycles. The van der Waals surface area contributed by atoms with E-state index in [1.165, 1.54) is 32.1 Å². The van der Waals surface area contributed by atoms with Gasteiger partial charge in [0.1, 0.15) is 0 Å². The van der Waals surface area contributed by atoms with Crippen molar-refractivity contribution in [3.8, 4) is 11.8 Å². The molecule has 1 rings (SSSR count). The zero-order valence-electron chi connectivity index (χ0n) is 11.5. The number of cyclic esters (lactones) is 1. The first-order valence-electron chi connectivity index (χ1n) is 7.51. The first kappa shape index (κ1) is 15.1. The summed E-state index contributed by atoms with van der Waals surface area (Å²) in [5.41, 5.74) is 0. The van der Waals surface area contributed by atoms with Crippen molar-refractivity contribution < 1.29 is 9.53 Å². The Bertz CT molecular complexity index is 273. The molecule has 0 amide bonds. The third-order valence-electron chi connectivity index (χ3n) is 3.27. The second kappa shape index (κ2) is 11.1. The SMILES string of the molecule is O=C1CCCCCC#CCCCCCCCCO1. The van der Waals surface area contributed by atoms with Crippen molar-refractivity contribution in [2.24, 2.45) is 0 Å². The van der Waals surface area contributed by atoms with Crippen LogP contribution in [0.15, 0.2) is 0 Å². The molecule has 0 radical (unpaired) electrons. The van der Waals surface area contributed by atoms with Crippen LogP contribution in [-0.4, -0.2) is 12.6 Å². The van der Waals surface area contributed by atoms with E-state index in [9.17, 15) is 4.79 Å². The summed E-state index contributed by atoms with van der Waals surface area (Å²) in [6.45, 7) is 0.613. The molecule has 0 N–H and O–H groups in total. The fourth-order valence-corrected chi connectivity index (χ4v) is 2.12. The predicted molar refractivity (Wildman–Crippen MR) is 74.1 cm³/mol. The fraction of sp³-hybridized carbons (Fsp3) is 0.812. The summed E-state index contributed by atoms with van der Waals surface area (Å²) >= 11 is 0. The van der Waals surface area contributed by atoms with Crippen molar-refractivity contribution in [3.63, 3.8) is 0 Å². The molecule has 0 bridgehead atoms. The van der Waals surface area contributed by atoms with Crippen LogP contribution < -0.4 is 0 Å². The van der Waals surface area contributed by atoms with Gasteiger partial charge in [-0.25, -0.2) is 0 Å². The van der Waals surface area contributed by atoms with Gasteiger partial charge in [-0.3, -0.25) is 4.79 Å². The van der Waals surface area contributed by atoms with Crippen LogP contribution in [0.3, 0.4) is 0 Å². The summed E-state index contributed by atoms with van der Waals surface area (Å²) in [6.07, 6.45) is 13.0. The van der Waals surface area contributed by atoms with E-state index in [0.29, 0.717) is 13.0 Å². The largest absolute Gasteiger partial charge is 0.466 e. The number of ether oxygens (including phenoxy) is 1. The molecule has 1 heterocycles. The van der Waals surface area contributed by atoms with E-state index >= 15 is 0 Å². The average molecular weight is 250 g/mol. The summed E-state index contributed by atoms with van der Waals surface area (Å²) < 4.78 is 5.20. The number of carbonyl (C=O) groups is 1. The Labute approximate surface area is 111 Å². The van der Waals surface area contributed by atoms with Crippen LogP contribution in [0.5, 0.6) is 0 Å². The summed E-state index contributed by atoms with van der Waals surface area (Å²) in [5.74, 6) is 6.45. The molecule has 0 atom stereocenters. The number of hydrogen-bond donors (Lipinski definition) is 0. The molecule has 0 aromatic rings. The lowest BCUT2D eigenvalue weighted by atomic mass is 10.1. The van der Waals surface area contributed by atoms with Crippen molar-refractivity contribution in [2.45, 2.75) is 77.0 Å². The van der Waals surface area contributed by atoms with Crippen molar-refractivity contribution in [1.29, 1.82) is 0 Å². The van der Waals surface area contributed by atoms with E-state index in [1.54, 1.807) is 0 Å². The van der Waals surface area contributed by atoms with Gasteiger partial charge < -0.3 is 4.74 Å². The van der Waals surface area contributed by atoms with Gasteiger partial charge in [-0.05, 0) is 25.7 Å². The normalized spacial score (nSPS) is 21.2. The summed E-state index contributed by atoms with van der Waals surface area (Å²) in [7, 11) is 0. The Kier molecular flexibility index (Phi) is 9.34. The van der Waals surface area contributed by atoms with Gasteiger partial charge in [-0.1, -0.05) is 32.1 Å². The van der Waals surface area contributed by atoms with Crippen molar-refractivity contribution in [3.05, 3.63) is 0 Å². The maximum atomic E-state index is 11.4. The maximum absolute atomic E-state index is 11.4. The number of rotatable bonds is 0. The first-order valence-corrected chi connectivity index (χ1v) is 7.51. The Morgan fingerprint density at radius 2 is 1.28 bits per heavy atom. The molecule has 0 saturated carbocycles. The molecule has 102 valence electrons. The standard InChI is InChI=1S/C16H26O2/c17-16-14-12-10-8-6-4-2-1-3-5-7-9-11-13-15-18-16/h1,3,5-15H2. The van der Waals surface area contributed by atoms with Gasteiger partial charge in [0.05, 0.1) is 6.61 Å². The van der Waals surface area contributed by atoms with Gasteiger partial charge in [0.25, 0.3) is 0 Å². The van der Waals surface area contributed by atoms with E-state index in [0.717, 1.165) is 38.5 Å². The molecule has 0 fully saturated rings. The second-order valence-corrected chi connectivity index (χ2v) is 5.01. The monoisotopic (exact) mass is 250 g/mol. The van der Waals surface area contributed by atoms with Crippen LogP contribution in [-0.2, 0) is 9.53 Å². The minimum atomic E-state index is -0.0228. The van der Waals surface area contributed by atoms with Crippen LogP contribution in [0.2, 0.25) is 0 Å². The van der Waals surface area contributed by atoms with Crippen LogP contribution in [0.4, 0.5) is 0 Å². The van der Waals surface area contributed by atoms with Crippen LogP contribution in [0.1, 0.15) is 77.0 Å². The number of hydrogen-bond acceptors (Lipinski definition) is 2. The van der Waals surface area contributed by atoms with Gasteiger partial charge in [0, 0.05) is 19.3 Å². The highest BCUT2D eigenvalue weighted by atomic mass is 16.5. The maximum Gasteiger partial charge on any atom is 0.305 e. The van der Waals surface area contributed by atoms with Gasteiger partial charge in [0.15, 0.2) is 0 Å². The molecule has 2 nitrogen and oxygen atoms in total. The molecule has 1 aliphatic rings. The highest BCUT2D eigenvalue weighted by Crippen LogP contribution is 2.08. The third-order valence-corrected chi connectivity index (χ3v) is 3.27. The predicted octanol–water partition coefficient (Wildman–Crippen LogP) is 4.23. The molecule has 0 aliphatic carbocycles. The lowest BCUT2D eigenvalue weighted by Crippen LogP contribution is -2.05. The Morgan fingerprint density at radius 1 is 0.722 bits per heavy atom. The van der Waals surface area contributed by atoms with Gasteiger partial charge in [0.2, 0.25) is 0 Å². The lowest BCUT2D eigenvalue weighted by molar-refractivity contribution is -0.143. The zero-order chi connectivity index (χ0) is 12.9. The van der Waals surface area contributed by atoms with E-state index in [4.69, 9.17) is 4.74 Å². The molecule has 18 heavy (non-hydrogen) atoms. The highest BCUT2D eigenvalue weighted by Gasteiger charge is 2.02. The van der Waals surface area contributed by atoms with Gasteiger partial charge in [-0.15, -0.1) is 11.8 Å². The van der Waals surface area contributed by atoms with Gasteiger partial charge >= 0.3 is 5.97 Å². The fourth-order valence-electron chi connectivity index (χ4n) is 2.12. The number of carbonyl (C=O) groups excluding carboxylic acids is 1. The quantitative estimate of drug-likeness (QED) is 0.475. The molecule has 0 aromatic carbocycles. The molecule has 0 spiro atoms. The molecular weight excluding hydrogens is 224 g/mol. The smallest absolute Gasteiger partial charge is 0.305 e. The Morgan fingerprint density at radius 3 is 2.00 bits per heavy atom. The van der Waals surface area contributed by atoms with Crippen LogP contribution in [0.25, 0.3) is 0 Å². The lowest BCUT2D eigenvalue weighted by Gasteiger charge is -2.04. The highest BCUT2D eigenvalue weighted by molar-refractivity contribution is 5.69. The average Bonchev–Trinajstić information content (AvgIpc) is 2.37.